The van der Waals surface area contributed by atoms with Gasteiger partial charge in [0.15, 0.2) is 23.2 Å². The Hall–Kier alpha value is -2.64. The number of benzene rings is 1. The predicted octanol–water partition coefficient (Wildman–Crippen LogP) is 2.09. The minimum atomic E-state index is -3.82. The Labute approximate surface area is 121 Å². The largest absolute Gasteiger partial charge is 0.586 e. The molecule has 1 aromatic carbocycles. The standard InChI is InChI=1S/C14H9F2NO5/c1-6-5-20-13-10-8(11(19)7(4-18)3-17(6)10)2-9-12(13)22-14(15,16)21-9/h2-4,6H,5H2,1H3. The number of carbonyl (C=O) groups excluding carboxylic acids is 1. The van der Waals surface area contributed by atoms with Gasteiger partial charge in [-0.2, -0.15) is 0 Å². The van der Waals surface area contributed by atoms with Crippen LogP contribution < -0.4 is 19.6 Å². The first-order valence-electron chi connectivity index (χ1n) is 6.51. The number of carbonyl (C=O) groups is 1. The van der Waals surface area contributed by atoms with E-state index in [1.807, 2.05) is 6.92 Å². The number of hydrogen-bond acceptors (Lipinski definition) is 5. The van der Waals surface area contributed by atoms with Crippen LogP contribution in [0.1, 0.15) is 23.3 Å². The molecule has 0 amide bonds. The van der Waals surface area contributed by atoms with Crippen LogP contribution in [0.5, 0.6) is 17.2 Å². The van der Waals surface area contributed by atoms with Crippen molar-refractivity contribution in [2.24, 2.45) is 0 Å². The lowest BCUT2D eigenvalue weighted by molar-refractivity contribution is -0.287. The Bertz CT molecular complexity index is 889. The fourth-order valence-electron chi connectivity index (χ4n) is 2.75. The van der Waals surface area contributed by atoms with Crippen LogP contribution in [0.15, 0.2) is 17.1 Å². The molecule has 0 bridgehead atoms. The number of alkyl halides is 2. The molecular formula is C14H9F2NO5. The molecule has 0 radical (unpaired) electrons. The summed E-state index contributed by atoms with van der Waals surface area (Å²) in [5, 5.41) is 0.0752. The Morgan fingerprint density at radius 1 is 1.36 bits per heavy atom. The Morgan fingerprint density at radius 3 is 2.86 bits per heavy atom. The number of hydrogen-bond donors (Lipinski definition) is 0. The molecule has 0 N–H and O–H groups in total. The molecule has 4 rings (SSSR count). The second-order valence-corrected chi connectivity index (χ2v) is 5.20. The number of rotatable bonds is 1. The Balaban J connectivity index is 2.16. The van der Waals surface area contributed by atoms with Gasteiger partial charge >= 0.3 is 6.29 Å². The first-order valence-corrected chi connectivity index (χ1v) is 6.51. The average molecular weight is 309 g/mol. The Morgan fingerprint density at radius 2 is 2.14 bits per heavy atom. The van der Waals surface area contributed by atoms with Crippen molar-refractivity contribution in [2.75, 3.05) is 6.61 Å². The van der Waals surface area contributed by atoms with Gasteiger partial charge in [-0.15, -0.1) is 8.78 Å². The smallest absolute Gasteiger partial charge is 0.485 e. The van der Waals surface area contributed by atoms with Crippen LogP contribution in [0.3, 0.4) is 0 Å². The zero-order valence-electron chi connectivity index (χ0n) is 11.3. The second kappa shape index (κ2) is 3.96. The van der Waals surface area contributed by atoms with Gasteiger partial charge in [-0.3, -0.25) is 9.59 Å². The third kappa shape index (κ3) is 1.57. The summed E-state index contributed by atoms with van der Waals surface area (Å²) >= 11 is 0. The van der Waals surface area contributed by atoms with E-state index in [1.165, 1.54) is 6.20 Å². The van der Waals surface area contributed by atoms with Gasteiger partial charge in [-0.1, -0.05) is 0 Å². The molecule has 2 aliphatic heterocycles. The Kier molecular flexibility index (Phi) is 2.35. The van der Waals surface area contributed by atoms with Crippen molar-refractivity contribution in [1.82, 2.24) is 4.57 Å². The fourth-order valence-corrected chi connectivity index (χ4v) is 2.75. The average Bonchev–Trinajstić information content (AvgIpc) is 2.78. The van der Waals surface area contributed by atoms with Crippen molar-refractivity contribution in [2.45, 2.75) is 19.3 Å². The third-order valence-electron chi connectivity index (χ3n) is 3.74. The minimum Gasteiger partial charge on any atom is -0.485 e. The van der Waals surface area contributed by atoms with E-state index in [-0.39, 0.29) is 40.8 Å². The lowest BCUT2D eigenvalue weighted by atomic mass is 10.1. The maximum Gasteiger partial charge on any atom is 0.586 e. The molecule has 114 valence electrons. The molecule has 1 unspecified atom stereocenters. The zero-order valence-corrected chi connectivity index (χ0v) is 11.3. The molecule has 6 nitrogen and oxygen atoms in total. The molecule has 2 aromatic rings. The summed E-state index contributed by atoms with van der Waals surface area (Å²) in [7, 11) is 0. The van der Waals surface area contributed by atoms with Crippen molar-refractivity contribution in [3.05, 3.63) is 28.0 Å². The molecule has 0 saturated carbocycles. The summed E-state index contributed by atoms with van der Waals surface area (Å²) < 4.78 is 42.6. The van der Waals surface area contributed by atoms with E-state index in [4.69, 9.17) is 4.74 Å². The molecule has 8 heteroatoms. The van der Waals surface area contributed by atoms with Gasteiger partial charge in [0.2, 0.25) is 5.75 Å². The molecule has 22 heavy (non-hydrogen) atoms. The molecule has 0 saturated heterocycles. The van der Waals surface area contributed by atoms with E-state index in [0.29, 0.717) is 11.8 Å². The van der Waals surface area contributed by atoms with Crippen molar-refractivity contribution in [1.29, 1.82) is 0 Å². The number of aldehydes is 1. The molecule has 2 aliphatic rings. The van der Waals surface area contributed by atoms with E-state index in [2.05, 4.69) is 9.47 Å². The summed E-state index contributed by atoms with van der Waals surface area (Å²) in [5.74, 6) is -0.498. The highest BCUT2D eigenvalue weighted by molar-refractivity contribution is 5.94. The van der Waals surface area contributed by atoms with Crippen LogP contribution in [-0.4, -0.2) is 23.8 Å². The summed E-state index contributed by atoms with van der Waals surface area (Å²) in [4.78, 5) is 23.4. The maximum atomic E-state index is 13.3. The normalized spacial score (nSPS) is 20.8. The predicted molar refractivity (Wildman–Crippen MR) is 70.0 cm³/mol. The topological polar surface area (TPSA) is 66.8 Å². The van der Waals surface area contributed by atoms with Crippen LogP contribution in [0.4, 0.5) is 8.78 Å². The zero-order chi connectivity index (χ0) is 15.6. The van der Waals surface area contributed by atoms with Gasteiger partial charge in [-0.25, -0.2) is 0 Å². The quantitative estimate of drug-likeness (QED) is 0.755. The van der Waals surface area contributed by atoms with Gasteiger partial charge in [0, 0.05) is 6.20 Å². The number of pyridine rings is 1. The van der Waals surface area contributed by atoms with Crippen LogP contribution >= 0.6 is 0 Å². The lowest BCUT2D eigenvalue weighted by Gasteiger charge is -2.27. The fraction of sp³-hybridized carbons (Fsp3) is 0.286. The molecule has 3 heterocycles. The number of ether oxygens (including phenoxy) is 3. The molecule has 0 aliphatic carbocycles. The van der Waals surface area contributed by atoms with Gasteiger partial charge in [-0.05, 0) is 13.0 Å². The van der Waals surface area contributed by atoms with Gasteiger partial charge in [0.25, 0.3) is 0 Å². The summed E-state index contributed by atoms with van der Waals surface area (Å²) in [6.45, 7) is 2.01. The van der Waals surface area contributed by atoms with Crippen LogP contribution in [-0.2, 0) is 0 Å². The highest BCUT2D eigenvalue weighted by Crippen LogP contribution is 2.51. The van der Waals surface area contributed by atoms with Gasteiger partial charge in [0.05, 0.1) is 22.5 Å². The SMILES string of the molecule is CC1COc2c3c(cc4c(=O)c(C=O)cn1c24)OC(F)(F)O3. The molecule has 1 aromatic heterocycles. The summed E-state index contributed by atoms with van der Waals surface area (Å²) in [6.07, 6.45) is -1.98. The van der Waals surface area contributed by atoms with Crippen molar-refractivity contribution >= 4 is 17.2 Å². The van der Waals surface area contributed by atoms with Gasteiger partial charge in [0.1, 0.15) is 6.61 Å². The van der Waals surface area contributed by atoms with E-state index < -0.39 is 11.7 Å². The van der Waals surface area contributed by atoms with Crippen molar-refractivity contribution < 1.29 is 27.8 Å². The lowest BCUT2D eigenvalue weighted by Crippen LogP contribution is -2.26. The number of fused-ring (bicyclic) bond motifs is 2. The second-order valence-electron chi connectivity index (χ2n) is 5.20. The van der Waals surface area contributed by atoms with Crippen LogP contribution in [0.25, 0.3) is 10.9 Å². The molecule has 1 atom stereocenters. The molecule has 0 spiro atoms. The molecular weight excluding hydrogens is 300 g/mol. The van der Waals surface area contributed by atoms with Crippen molar-refractivity contribution in [3.63, 3.8) is 0 Å². The first-order chi connectivity index (χ1) is 10.4. The van der Waals surface area contributed by atoms with Crippen LogP contribution in [0.2, 0.25) is 0 Å². The van der Waals surface area contributed by atoms with Crippen molar-refractivity contribution in [3.8, 4) is 17.2 Å². The van der Waals surface area contributed by atoms with E-state index in [9.17, 15) is 18.4 Å². The van der Waals surface area contributed by atoms with Crippen LogP contribution in [0, 0.1) is 0 Å². The highest BCUT2D eigenvalue weighted by atomic mass is 19.3. The third-order valence-corrected chi connectivity index (χ3v) is 3.74. The first kappa shape index (κ1) is 13.1. The number of aromatic nitrogens is 1. The highest BCUT2D eigenvalue weighted by Gasteiger charge is 2.46. The van der Waals surface area contributed by atoms with E-state index >= 15 is 0 Å². The minimum absolute atomic E-state index is 0.0253. The molecule has 0 fully saturated rings. The van der Waals surface area contributed by atoms with E-state index in [0.717, 1.165) is 6.07 Å². The summed E-state index contributed by atoms with van der Waals surface area (Å²) in [6, 6.07) is 0.984. The maximum absolute atomic E-state index is 13.3. The van der Waals surface area contributed by atoms with Gasteiger partial charge < -0.3 is 18.8 Å². The number of nitrogens with zero attached hydrogens (tertiary/aromatic N) is 1. The monoisotopic (exact) mass is 309 g/mol. The van der Waals surface area contributed by atoms with E-state index in [1.54, 1.807) is 4.57 Å². The number of halogens is 2. The summed E-state index contributed by atoms with van der Waals surface area (Å²) in [5.41, 5.74) is -0.311.